The van der Waals surface area contributed by atoms with Crippen LogP contribution in [-0.2, 0) is 9.59 Å². The summed E-state index contributed by atoms with van der Waals surface area (Å²) in [4.78, 5) is 29.4. The number of nitrogens with zero attached hydrogens (tertiary/aromatic N) is 2. The molecule has 0 atom stereocenters. The Balaban J connectivity index is 1.57. The third kappa shape index (κ3) is 3.68. The fourth-order valence-corrected chi connectivity index (χ4v) is 2.99. The van der Waals surface area contributed by atoms with Gasteiger partial charge in [-0.25, -0.2) is 4.98 Å². The van der Waals surface area contributed by atoms with Gasteiger partial charge in [-0.2, -0.15) is 0 Å². The average molecular weight is 351 g/mol. The van der Waals surface area contributed by atoms with Crippen LogP contribution in [0.3, 0.4) is 0 Å². The van der Waals surface area contributed by atoms with E-state index in [1.54, 1.807) is 17.0 Å². The predicted octanol–water partition coefficient (Wildman–Crippen LogP) is 1.26. The maximum Gasteiger partial charge on any atom is 0.241 e. The van der Waals surface area contributed by atoms with E-state index < -0.39 is 0 Å². The number of hydrogen-bond donors (Lipinski definition) is 2. The highest BCUT2D eigenvalue weighted by molar-refractivity contribution is 6.31. The molecule has 2 aromatic rings. The molecule has 7 nitrogen and oxygen atoms in total. The van der Waals surface area contributed by atoms with Crippen molar-refractivity contribution >= 4 is 34.5 Å². The van der Waals surface area contributed by atoms with E-state index in [2.05, 4.69) is 10.3 Å². The Hall–Kier alpha value is -2.12. The number of hydrogen-bond acceptors (Lipinski definition) is 5. The molecule has 0 unspecified atom stereocenters. The zero-order chi connectivity index (χ0) is 17.1. The molecule has 2 amide bonds. The Morgan fingerprint density at radius 3 is 2.83 bits per heavy atom. The van der Waals surface area contributed by atoms with Gasteiger partial charge in [0.1, 0.15) is 5.52 Å². The van der Waals surface area contributed by atoms with Crippen LogP contribution in [0.4, 0.5) is 0 Å². The molecule has 24 heavy (non-hydrogen) atoms. The van der Waals surface area contributed by atoms with Gasteiger partial charge in [-0.05, 0) is 31.0 Å². The van der Waals surface area contributed by atoms with E-state index in [1.165, 1.54) is 0 Å². The van der Waals surface area contributed by atoms with Crippen molar-refractivity contribution in [2.24, 2.45) is 5.73 Å². The number of aromatic nitrogens is 1. The van der Waals surface area contributed by atoms with Crippen molar-refractivity contribution in [2.75, 3.05) is 26.2 Å². The first kappa shape index (κ1) is 16.7. The smallest absolute Gasteiger partial charge is 0.241 e. The SMILES string of the molecule is NCC(=O)NCC(=O)N1CCC(c2nc3cc(Cl)ccc3o2)CC1. The number of rotatable bonds is 4. The van der Waals surface area contributed by atoms with Crippen LogP contribution in [0.2, 0.25) is 5.02 Å². The van der Waals surface area contributed by atoms with Gasteiger partial charge >= 0.3 is 0 Å². The molecule has 1 saturated heterocycles. The number of nitrogens with two attached hydrogens (primary N) is 1. The van der Waals surface area contributed by atoms with E-state index in [4.69, 9.17) is 21.8 Å². The molecule has 128 valence electrons. The van der Waals surface area contributed by atoms with Gasteiger partial charge in [0.25, 0.3) is 0 Å². The number of amides is 2. The maximum absolute atomic E-state index is 12.1. The van der Waals surface area contributed by atoms with E-state index in [1.807, 2.05) is 6.07 Å². The van der Waals surface area contributed by atoms with Crippen LogP contribution >= 0.6 is 11.6 Å². The third-order valence-corrected chi connectivity index (χ3v) is 4.42. The third-order valence-electron chi connectivity index (χ3n) is 4.19. The maximum atomic E-state index is 12.1. The molecule has 1 aromatic carbocycles. The summed E-state index contributed by atoms with van der Waals surface area (Å²) in [6, 6.07) is 5.37. The Morgan fingerprint density at radius 1 is 1.38 bits per heavy atom. The minimum atomic E-state index is -0.330. The predicted molar refractivity (Wildman–Crippen MR) is 89.6 cm³/mol. The average Bonchev–Trinajstić information content (AvgIpc) is 3.02. The summed E-state index contributed by atoms with van der Waals surface area (Å²) in [7, 11) is 0. The second kappa shape index (κ2) is 7.19. The molecule has 2 heterocycles. The lowest BCUT2D eigenvalue weighted by atomic mass is 9.97. The highest BCUT2D eigenvalue weighted by Crippen LogP contribution is 2.30. The number of fused-ring (bicyclic) bond motifs is 1. The standard InChI is InChI=1S/C16H19ClN4O3/c17-11-1-2-13-12(7-11)20-16(24-13)10-3-5-21(6-4-10)15(23)9-19-14(22)8-18/h1-2,7,10H,3-6,8-9,18H2,(H,19,22). The normalized spacial score (nSPS) is 15.7. The van der Waals surface area contributed by atoms with Crippen molar-refractivity contribution < 1.29 is 14.0 Å². The molecular weight excluding hydrogens is 332 g/mol. The summed E-state index contributed by atoms with van der Waals surface area (Å²) >= 11 is 5.97. The lowest BCUT2D eigenvalue weighted by molar-refractivity contribution is -0.133. The number of piperidine rings is 1. The molecule has 1 aliphatic rings. The fourth-order valence-electron chi connectivity index (χ4n) is 2.83. The number of likely N-dealkylation sites (tertiary alicyclic amines) is 1. The van der Waals surface area contributed by atoms with Crippen LogP contribution in [0.1, 0.15) is 24.7 Å². The Morgan fingerprint density at radius 2 is 2.12 bits per heavy atom. The van der Waals surface area contributed by atoms with Gasteiger partial charge in [0.15, 0.2) is 11.5 Å². The Kier molecular flexibility index (Phi) is 5.01. The first-order chi connectivity index (χ1) is 11.6. The Labute approximate surface area is 144 Å². The topological polar surface area (TPSA) is 101 Å². The van der Waals surface area contributed by atoms with Crippen molar-refractivity contribution in [3.05, 3.63) is 29.1 Å². The van der Waals surface area contributed by atoms with Crippen LogP contribution in [0.5, 0.6) is 0 Å². The Bertz CT molecular complexity index is 753. The van der Waals surface area contributed by atoms with Crippen LogP contribution in [0.25, 0.3) is 11.1 Å². The van der Waals surface area contributed by atoms with Crippen molar-refractivity contribution in [1.29, 1.82) is 0 Å². The van der Waals surface area contributed by atoms with E-state index >= 15 is 0 Å². The zero-order valence-corrected chi connectivity index (χ0v) is 13.9. The minimum Gasteiger partial charge on any atom is -0.440 e. The van der Waals surface area contributed by atoms with E-state index in [0.717, 1.165) is 23.9 Å². The van der Waals surface area contributed by atoms with Gasteiger partial charge in [0.05, 0.1) is 13.1 Å². The summed E-state index contributed by atoms with van der Waals surface area (Å²) in [6.45, 7) is 1.10. The van der Waals surface area contributed by atoms with Gasteiger partial charge < -0.3 is 20.4 Å². The molecule has 1 fully saturated rings. The van der Waals surface area contributed by atoms with E-state index in [0.29, 0.717) is 24.0 Å². The van der Waals surface area contributed by atoms with Crippen LogP contribution in [0.15, 0.2) is 22.6 Å². The van der Waals surface area contributed by atoms with Gasteiger partial charge in [-0.15, -0.1) is 0 Å². The highest BCUT2D eigenvalue weighted by atomic mass is 35.5. The first-order valence-corrected chi connectivity index (χ1v) is 8.25. The zero-order valence-electron chi connectivity index (χ0n) is 13.1. The molecule has 3 rings (SSSR count). The molecule has 0 aliphatic carbocycles. The molecule has 0 saturated carbocycles. The molecule has 1 aliphatic heterocycles. The van der Waals surface area contributed by atoms with Crippen molar-refractivity contribution in [3.63, 3.8) is 0 Å². The number of carbonyl (C=O) groups excluding carboxylic acids is 2. The van der Waals surface area contributed by atoms with Gasteiger partial charge in [0.2, 0.25) is 11.8 Å². The number of nitrogens with one attached hydrogen (secondary N) is 1. The van der Waals surface area contributed by atoms with Crippen molar-refractivity contribution in [3.8, 4) is 0 Å². The van der Waals surface area contributed by atoms with Crippen LogP contribution in [0, 0.1) is 0 Å². The van der Waals surface area contributed by atoms with Gasteiger partial charge in [-0.3, -0.25) is 9.59 Å². The highest BCUT2D eigenvalue weighted by Gasteiger charge is 2.27. The summed E-state index contributed by atoms with van der Waals surface area (Å²) in [5.41, 5.74) is 6.67. The van der Waals surface area contributed by atoms with Crippen molar-refractivity contribution in [1.82, 2.24) is 15.2 Å². The largest absolute Gasteiger partial charge is 0.440 e. The number of oxazole rings is 1. The lowest BCUT2D eigenvalue weighted by Crippen LogP contribution is -2.44. The second-order valence-electron chi connectivity index (χ2n) is 5.80. The second-order valence-corrected chi connectivity index (χ2v) is 6.24. The quantitative estimate of drug-likeness (QED) is 0.864. The van der Waals surface area contributed by atoms with Gasteiger partial charge in [0, 0.05) is 24.0 Å². The van der Waals surface area contributed by atoms with Crippen LogP contribution in [-0.4, -0.2) is 47.9 Å². The van der Waals surface area contributed by atoms with Crippen molar-refractivity contribution in [2.45, 2.75) is 18.8 Å². The molecule has 8 heteroatoms. The summed E-state index contributed by atoms with van der Waals surface area (Å²) in [5, 5.41) is 3.12. The monoisotopic (exact) mass is 350 g/mol. The molecule has 0 spiro atoms. The number of halogens is 1. The molecular formula is C16H19ClN4O3. The summed E-state index contributed by atoms with van der Waals surface area (Å²) in [5.74, 6) is 0.442. The lowest BCUT2D eigenvalue weighted by Gasteiger charge is -2.30. The number of carbonyl (C=O) groups is 2. The van der Waals surface area contributed by atoms with Gasteiger partial charge in [-0.1, -0.05) is 11.6 Å². The summed E-state index contributed by atoms with van der Waals surface area (Å²) in [6.07, 6.45) is 1.55. The molecule has 0 radical (unpaired) electrons. The first-order valence-electron chi connectivity index (χ1n) is 7.87. The van der Waals surface area contributed by atoms with Crippen LogP contribution < -0.4 is 11.1 Å². The molecule has 1 aromatic heterocycles. The fraction of sp³-hybridized carbons (Fsp3) is 0.438. The van der Waals surface area contributed by atoms with E-state index in [-0.39, 0.29) is 30.8 Å². The molecule has 3 N–H and O–H groups in total. The van der Waals surface area contributed by atoms with E-state index in [9.17, 15) is 9.59 Å². The minimum absolute atomic E-state index is 0.0118. The number of benzene rings is 1. The molecule has 0 bridgehead atoms. The summed E-state index contributed by atoms with van der Waals surface area (Å²) < 4.78 is 5.81.